The van der Waals surface area contributed by atoms with Crippen LogP contribution in [0.25, 0.3) is 11.0 Å². The number of ether oxygens (including phenoxy) is 1. The molecule has 1 unspecified atom stereocenters. The maximum Gasteiger partial charge on any atom is 0.261 e. The number of hydrogen-bond donors (Lipinski definition) is 1. The predicted octanol–water partition coefficient (Wildman–Crippen LogP) is 3.58. The Labute approximate surface area is 154 Å². The third-order valence-electron chi connectivity index (χ3n) is 4.80. The number of hydrogen-bond acceptors (Lipinski definition) is 3. The second-order valence-electron chi connectivity index (χ2n) is 6.77. The lowest BCUT2D eigenvalue weighted by atomic mass is 10.1. The van der Waals surface area contributed by atoms with Crippen molar-refractivity contribution in [3.05, 3.63) is 58.9 Å². The first kappa shape index (κ1) is 18.0. The van der Waals surface area contributed by atoms with Crippen LogP contribution in [0.5, 0.6) is 5.75 Å². The number of carbonyl (C=O) groups excluding carboxylic acids is 1. The molecule has 26 heavy (non-hydrogen) atoms. The quantitative estimate of drug-likeness (QED) is 0.764. The molecule has 1 amide bonds. The average Bonchev–Trinajstić information content (AvgIpc) is 2.89. The summed E-state index contributed by atoms with van der Waals surface area (Å²) in [6.45, 7) is 8.27. The molecule has 136 valence electrons. The molecule has 0 fully saturated rings. The lowest BCUT2D eigenvalue weighted by Crippen LogP contribution is -2.35. The van der Waals surface area contributed by atoms with Crippen molar-refractivity contribution in [1.82, 2.24) is 14.9 Å². The van der Waals surface area contributed by atoms with Crippen molar-refractivity contribution in [3.63, 3.8) is 0 Å². The number of carbonyl (C=O) groups is 1. The summed E-state index contributed by atoms with van der Waals surface area (Å²) in [5.74, 6) is 1.54. The van der Waals surface area contributed by atoms with Gasteiger partial charge in [-0.25, -0.2) is 4.98 Å². The van der Waals surface area contributed by atoms with Gasteiger partial charge in [0.1, 0.15) is 11.6 Å². The van der Waals surface area contributed by atoms with E-state index >= 15 is 0 Å². The Morgan fingerprint density at radius 2 is 1.92 bits per heavy atom. The number of nitrogens with one attached hydrogen (secondary N) is 1. The molecule has 0 aliphatic rings. The second kappa shape index (κ2) is 7.20. The Kier molecular flexibility index (Phi) is 4.98. The van der Waals surface area contributed by atoms with Gasteiger partial charge in [0.2, 0.25) is 0 Å². The molecule has 1 heterocycles. The first-order valence-electron chi connectivity index (χ1n) is 8.78. The number of aromatic nitrogens is 2. The van der Waals surface area contributed by atoms with Crippen molar-refractivity contribution in [2.45, 2.75) is 40.3 Å². The molecule has 5 nitrogen and oxygen atoms in total. The second-order valence-corrected chi connectivity index (χ2v) is 6.77. The number of fused-ring (bicyclic) bond motifs is 1. The summed E-state index contributed by atoms with van der Waals surface area (Å²) in [6.07, 6.45) is -0.557. The highest BCUT2D eigenvalue weighted by molar-refractivity contribution is 5.81. The molecule has 0 spiro atoms. The van der Waals surface area contributed by atoms with Gasteiger partial charge in [-0.1, -0.05) is 12.1 Å². The van der Waals surface area contributed by atoms with Gasteiger partial charge in [0, 0.05) is 13.6 Å². The van der Waals surface area contributed by atoms with Gasteiger partial charge in [-0.3, -0.25) is 4.79 Å². The van der Waals surface area contributed by atoms with Crippen molar-refractivity contribution in [1.29, 1.82) is 0 Å². The molecule has 0 saturated heterocycles. The molecular weight excluding hydrogens is 326 g/mol. The summed E-state index contributed by atoms with van der Waals surface area (Å²) in [4.78, 5) is 16.9. The highest BCUT2D eigenvalue weighted by atomic mass is 16.5. The molecule has 0 saturated carbocycles. The standard InChI is InChI=1S/C21H25N3O2/c1-13-6-8-18(10-14(13)2)26-15(3)21(25)22-12-17-7-9-20-19(11-17)23-16(4)24(20)5/h6-11,15H,12H2,1-5H3,(H,22,25). The van der Waals surface area contributed by atoms with E-state index in [4.69, 9.17) is 4.74 Å². The Morgan fingerprint density at radius 1 is 1.15 bits per heavy atom. The van der Waals surface area contributed by atoms with Gasteiger partial charge in [0.25, 0.3) is 5.91 Å². The normalized spacial score (nSPS) is 12.2. The fourth-order valence-corrected chi connectivity index (χ4v) is 2.85. The largest absolute Gasteiger partial charge is 0.481 e. The maximum absolute atomic E-state index is 12.3. The van der Waals surface area contributed by atoms with Crippen molar-refractivity contribution in [3.8, 4) is 5.75 Å². The zero-order valence-corrected chi connectivity index (χ0v) is 16.0. The lowest BCUT2D eigenvalue weighted by Gasteiger charge is -2.15. The summed E-state index contributed by atoms with van der Waals surface area (Å²) >= 11 is 0. The van der Waals surface area contributed by atoms with E-state index in [-0.39, 0.29) is 5.91 Å². The molecule has 5 heteroatoms. The molecule has 2 aromatic carbocycles. The van der Waals surface area contributed by atoms with Gasteiger partial charge >= 0.3 is 0 Å². The summed E-state index contributed by atoms with van der Waals surface area (Å²) in [5.41, 5.74) is 5.39. The van der Waals surface area contributed by atoms with Crippen molar-refractivity contribution in [2.75, 3.05) is 0 Å². The van der Waals surface area contributed by atoms with E-state index in [2.05, 4.69) is 21.8 Å². The minimum atomic E-state index is -0.557. The minimum absolute atomic E-state index is 0.138. The molecule has 0 aliphatic heterocycles. The molecule has 0 radical (unpaired) electrons. The Bertz CT molecular complexity index is 959. The fraction of sp³-hybridized carbons (Fsp3) is 0.333. The van der Waals surface area contributed by atoms with Crippen LogP contribution in [0.15, 0.2) is 36.4 Å². The van der Waals surface area contributed by atoms with E-state index in [0.29, 0.717) is 12.3 Å². The summed E-state index contributed by atoms with van der Waals surface area (Å²) < 4.78 is 7.81. The maximum atomic E-state index is 12.3. The third kappa shape index (κ3) is 3.72. The van der Waals surface area contributed by atoms with E-state index in [1.807, 2.05) is 57.3 Å². The van der Waals surface area contributed by atoms with Gasteiger partial charge in [-0.2, -0.15) is 0 Å². The molecule has 0 aliphatic carbocycles. The topological polar surface area (TPSA) is 56.1 Å². The van der Waals surface area contributed by atoms with Crippen LogP contribution in [0.4, 0.5) is 0 Å². The van der Waals surface area contributed by atoms with E-state index in [9.17, 15) is 4.79 Å². The highest BCUT2D eigenvalue weighted by Gasteiger charge is 2.15. The summed E-state index contributed by atoms with van der Waals surface area (Å²) in [6, 6.07) is 11.9. The van der Waals surface area contributed by atoms with E-state index in [0.717, 1.165) is 28.0 Å². The zero-order valence-electron chi connectivity index (χ0n) is 16.0. The summed E-state index contributed by atoms with van der Waals surface area (Å²) in [5, 5.41) is 2.93. The first-order valence-corrected chi connectivity index (χ1v) is 8.78. The fourth-order valence-electron chi connectivity index (χ4n) is 2.85. The van der Waals surface area contributed by atoms with Crippen LogP contribution < -0.4 is 10.1 Å². The zero-order chi connectivity index (χ0) is 18.8. The van der Waals surface area contributed by atoms with E-state index in [1.165, 1.54) is 5.56 Å². The van der Waals surface area contributed by atoms with Crippen LogP contribution in [0.1, 0.15) is 29.4 Å². The van der Waals surface area contributed by atoms with Crippen molar-refractivity contribution >= 4 is 16.9 Å². The molecule has 1 aromatic heterocycles. The van der Waals surface area contributed by atoms with Crippen LogP contribution in [0.3, 0.4) is 0 Å². The summed E-state index contributed by atoms with van der Waals surface area (Å²) in [7, 11) is 2.00. The van der Waals surface area contributed by atoms with Crippen molar-refractivity contribution < 1.29 is 9.53 Å². The SMILES string of the molecule is Cc1ccc(OC(C)C(=O)NCc2ccc3c(c2)nc(C)n3C)cc1C. The van der Waals surface area contributed by atoms with Crippen LogP contribution in [-0.2, 0) is 18.4 Å². The molecule has 3 rings (SSSR count). The van der Waals surface area contributed by atoms with Crippen LogP contribution in [0, 0.1) is 20.8 Å². The van der Waals surface area contributed by atoms with Crippen LogP contribution >= 0.6 is 0 Å². The molecule has 3 aromatic rings. The molecular formula is C21H25N3O2. The van der Waals surface area contributed by atoms with Gasteiger partial charge in [0.05, 0.1) is 11.0 Å². The minimum Gasteiger partial charge on any atom is -0.481 e. The highest BCUT2D eigenvalue weighted by Crippen LogP contribution is 2.18. The van der Waals surface area contributed by atoms with Crippen LogP contribution in [0.2, 0.25) is 0 Å². The Balaban J connectivity index is 1.61. The van der Waals surface area contributed by atoms with Crippen LogP contribution in [-0.4, -0.2) is 21.6 Å². The van der Waals surface area contributed by atoms with Gasteiger partial charge in [-0.15, -0.1) is 0 Å². The number of rotatable bonds is 5. The van der Waals surface area contributed by atoms with E-state index < -0.39 is 6.10 Å². The number of benzene rings is 2. The number of amides is 1. The van der Waals surface area contributed by atoms with Gasteiger partial charge in [-0.05, 0) is 68.7 Å². The third-order valence-corrected chi connectivity index (χ3v) is 4.80. The van der Waals surface area contributed by atoms with Gasteiger partial charge < -0.3 is 14.6 Å². The van der Waals surface area contributed by atoms with E-state index in [1.54, 1.807) is 6.92 Å². The number of nitrogens with zero attached hydrogens (tertiary/aromatic N) is 2. The monoisotopic (exact) mass is 351 g/mol. The van der Waals surface area contributed by atoms with Crippen molar-refractivity contribution in [2.24, 2.45) is 7.05 Å². The lowest BCUT2D eigenvalue weighted by molar-refractivity contribution is -0.127. The Hall–Kier alpha value is -2.82. The molecule has 0 bridgehead atoms. The Morgan fingerprint density at radius 3 is 2.65 bits per heavy atom. The van der Waals surface area contributed by atoms with Gasteiger partial charge in [0.15, 0.2) is 6.10 Å². The first-order chi connectivity index (χ1) is 12.3. The smallest absolute Gasteiger partial charge is 0.261 e. The molecule has 1 N–H and O–H groups in total. The average molecular weight is 351 g/mol. The molecule has 1 atom stereocenters. The number of imidazole rings is 1. The predicted molar refractivity (Wildman–Crippen MR) is 103 cm³/mol. The number of aryl methyl sites for hydroxylation is 4.